The van der Waals surface area contributed by atoms with E-state index < -0.39 is 0 Å². The van der Waals surface area contributed by atoms with E-state index in [4.69, 9.17) is 9.97 Å². The van der Waals surface area contributed by atoms with E-state index in [0.29, 0.717) is 5.92 Å². The number of rotatable bonds is 2. The molecule has 16 heavy (non-hydrogen) atoms. The molecule has 2 aromatic heterocycles. The van der Waals surface area contributed by atoms with Crippen LogP contribution in [0.2, 0.25) is 0 Å². The van der Waals surface area contributed by atoms with Gasteiger partial charge < -0.3 is 0 Å². The average Bonchev–Trinajstić information content (AvgIpc) is 3.07. The summed E-state index contributed by atoms with van der Waals surface area (Å²) in [4.78, 5) is 12.0. The molecular formula is C12H14N2S2. The molecule has 0 radical (unpaired) electrons. The Morgan fingerprint density at radius 2 is 2.00 bits per heavy atom. The predicted octanol–water partition coefficient (Wildman–Crippen LogP) is 3.91. The summed E-state index contributed by atoms with van der Waals surface area (Å²) in [5.41, 5.74) is 1.35. The van der Waals surface area contributed by atoms with Crippen LogP contribution in [0.25, 0.3) is 10.2 Å². The summed E-state index contributed by atoms with van der Waals surface area (Å²) in [5, 5.41) is 2.44. The van der Waals surface area contributed by atoms with Crippen molar-refractivity contribution in [3.8, 4) is 0 Å². The molecule has 0 saturated heterocycles. The summed E-state index contributed by atoms with van der Waals surface area (Å²) in [6.07, 6.45) is 4.64. The standard InChI is InChI=1S/C12H14N2S2/c1-6-7(2)16-12-9(6)11(15-3)13-10(14-12)8-4-5-8/h8H,4-5H2,1-3H3. The number of thioether (sulfide) groups is 1. The van der Waals surface area contributed by atoms with Gasteiger partial charge in [-0.25, -0.2) is 9.97 Å². The maximum absolute atomic E-state index is 4.72. The summed E-state index contributed by atoms with van der Waals surface area (Å²) in [6.45, 7) is 4.34. The topological polar surface area (TPSA) is 25.8 Å². The van der Waals surface area contributed by atoms with E-state index in [1.807, 2.05) is 0 Å². The minimum atomic E-state index is 0.637. The van der Waals surface area contributed by atoms with Crippen LogP contribution in [0.5, 0.6) is 0 Å². The number of nitrogens with zero attached hydrogens (tertiary/aromatic N) is 2. The molecule has 2 nitrogen and oxygen atoms in total. The minimum Gasteiger partial charge on any atom is -0.226 e. The van der Waals surface area contributed by atoms with Crippen LogP contribution in [0.1, 0.15) is 35.0 Å². The predicted molar refractivity (Wildman–Crippen MR) is 70.6 cm³/mol. The lowest BCUT2D eigenvalue weighted by Gasteiger charge is -2.03. The van der Waals surface area contributed by atoms with Crippen LogP contribution >= 0.6 is 23.1 Å². The molecule has 0 N–H and O–H groups in total. The van der Waals surface area contributed by atoms with Crippen molar-refractivity contribution >= 4 is 33.3 Å². The van der Waals surface area contributed by atoms with E-state index >= 15 is 0 Å². The second kappa shape index (κ2) is 3.70. The van der Waals surface area contributed by atoms with Gasteiger partial charge in [0, 0.05) is 16.2 Å². The lowest BCUT2D eigenvalue weighted by Crippen LogP contribution is -1.94. The zero-order valence-electron chi connectivity index (χ0n) is 9.70. The highest BCUT2D eigenvalue weighted by Gasteiger charge is 2.28. The SMILES string of the molecule is CSc1nc(C2CC2)nc2sc(C)c(C)c12. The van der Waals surface area contributed by atoms with Gasteiger partial charge in [-0.15, -0.1) is 23.1 Å². The van der Waals surface area contributed by atoms with Crippen molar-refractivity contribution in [2.24, 2.45) is 0 Å². The largest absolute Gasteiger partial charge is 0.226 e. The first kappa shape index (κ1) is 10.5. The Balaban J connectivity index is 2.29. The van der Waals surface area contributed by atoms with E-state index in [2.05, 4.69) is 20.1 Å². The summed E-state index contributed by atoms with van der Waals surface area (Å²) < 4.78 is 0. The molecule has 2 aromatic rings. The number of fused-ring (bicyclic) bond motifs is 1. The van der Waals surface area contributed by atoms with Crippen LogP contribution < -0.4 is 0 Å². The van der Waals surface area contributed by atoms with E-state index in [9.17, 15) is 0 Å². The highest BCUT2D eigenvalue weighted by atomic mass is 32.2. The normalized spacial score (nSPS) is 15.9. The molecular weight excluding hydrogens is 236 g/mol. The van der Waals surface area contributed by atoms with E-state index in [1.54, 1.807) is 23.1 Å². The summed E-state index contributed by atoms with van der Waals surface area (Å²) >= 11 is 3.54. The minimum absolute atomic E-state index is 0.637. The molecule has 1 aliphatic rings. The first-order chi connectivity index (χ1) is 7.70. The second-order valence-electron chi connectivity index (χ2n) is 4.33. The number of aryl methyl sites for hydroxylation is 2. The molecule has 1 aliphatic carbocycles. The van der Waals surface area contributed by atoms with Crippen LogP contribution in [0, 0.1) is 13.8 Å². The highest BCUT2D eigenvalue weighted by Crippen LogP contribution is 2.41. The van der Waals surface area contributed by atoms with Gasteiger partial charge in [0.15, 0.2) is 0 Å². The van der Waals surface area contributed by atoms with Gasteiger partial charge in [-0.2, -0.15) is 0 Å². The van der Waals surface area contributed by atoms with Gasteiger partial charge in [-0.05, 0) is 38.5 Å². The lowest BCUT2D eigenvalue weighted by atomic mass is 10.2. The number of thiophene rings is 1. The molecule has 0 bridgehead atoms. The average molecular weight is 250 g/mol. The third-order valence-electron chi connectivity index (χ3n) is 3.15. The molecule has 84 valence electrons. The van der Waals surface area contributed by atoms with Crippen LogP contribution in [0.4, 0.5) is 0 Å². The van der Waals surface area contributed by atoms with Crippen molar-refractivity contribution in [1.29, 1.82) is 0 Å². The molecule has 4 heteroatoms. The molecule has 0 atom stereocenters. The summed E-state index contributed by atoms with van der Waals surface area (Å²) in [5.74, 6) is 1.70. The Bertz CT molecular complexity index is 556. The van der Waals surface area contributed by atoms with Gasteiger partial charge in [-0.3, -0.25) is 0 Å². The maximum atomic E-state index is 4.72. The number of hydrogen-bond acceptors (Lipinski definition) is 4. The fraction of sp³-hybridized carbons (Fsp3) is 0.500. The summed E-state index contributed by atoms with van der Waals surface area (Å²) in [7, 11) is 0. The van der Waals surface area contributed by atoms with Gasteiger partial charge in [0.25, 0.3) is 0 Å². The molecule has 0 spiro atoms. The van der Waals surface area contributed by atoms with Gasteiger partial charge in [0.2, 0.25) is 0 Å². The maximum Gasteiger partial charge on any atom is 0.134 e. The zero-order chi connectivity index (χ0) is 11.3. The van der Waals surface area contributed by atoms with E-state index in [1.165, 1.54) is 33.5 Å². The molecule has 1 saturated carbocycles. The van der Waals surface area contributed by atoms with Gasteiger partial charge in [-0.1, -0.05) is 0 Å². The Kier molecular flexibility index (Phi) is 2.44. The lowest BCUT2D eigenvalue weighted by molar-refractivity contribution is 0.908. The molecule has 1 fully saturated rings. The quantitative estimate of drug-likeness (QED) is 0.597. The number of hydrogen-bond donors (Lipinski definition) is 0. The third-order valence-corrected chi connectivity index (χ3v) is 4.93. The summed E-state index contributed by atoms with van der Waals surface area (Å²) in [6, 6.07) is 0. The van der Waals surface area contributed by atoms with Gasteiger partial charge in [0.1, 0.15) is 15.7 Å². The first-order valence-corrected chi connectivity index (χ1v) is 7.56. The molecule has 0 aromatic carbocycles. The molecule has 3 rings (SSSR count). The fourth-order valence-electron chi connectivity index (χ4n) is 1.90. The Morgan fingerprint density at radius 1 is 1.25 bits per heavy atom. The van der Waals surface area contributed by atoms with Crippen molar-refractivity contribution < 1.29 is 0 Å². The monoisotopic (exact) mass is 250 g/mol. The Hall–Kier alpha value is -0.610. The van der Waals surface area contributed by atoms with Crippen LogP contribution in [-0.4, -0.2) is 16.2 Å². The molecule has 0 unspecified atom stereocenters. The zero-order valence-corrected chi connectivity index (χ0v) is 11.3. The van der Waals surface area contributed by atoms with E-state index in [0.717, 1.165) is 10.9 Å². The van der Waals surface area contributed by atoms with Crippen LogP contribution in [0.3, 0.4) is 0 Å². The van der Waals surface area contributed by atoms with Crippen LogP contribution in [-0.2, 0) is 0 Å². The molecule has 0 aliphatic heterocycles. The molecule has 0 amide bonds. The van der Waals surface area contributed by atoms with Gasteiger partial charge in [0.05, 0.1) is 0 Å². The molecule has 2 heterocycles. The van der Waals surface area contributed by atoms with Crippen molar-refractivity contribution in [3.05, 3.63) is 16.3 Å². The first-order valence-electron chi connectivity index (χ1n) is 5.52. The van der Waals surface area contributed by atoms with Gasteiger partial charge >= 0.3 is 0 Å². The smallest absolute Gasteiger partial charge is 0.134 e. The van der Waals surface area contributed by atoms with Crippen LogP contribution in [0.15, 0.2) is 5.03 Å². The third kappa shape index (κ3) is 1.55. The van der Waals surface area contributed by atoms with Crippen molar-refractivity contribution in [1.82, 2.24) is 9.97 Å². The Labute approximate surface area is 103 Å². The van der Waals surface area contributed by atoms with Crippen molar-refractivity contribution in [2.75, 3.05) is 6.26 Å². The van der Waals surface area contributed by atoms with Crippen molar-refractivity contribution in [3.63, 3.8) is 0 Å². The van der Waals surface area contributed by atoms with E-state index in [-0.39, 0.29) is 0 Å². The fourth-order valence-corrected chi connectivity index (χ4v) is 3.64. The Morgan fingerprint density at radius 3 is 2.62 bits per heavy atom. The highest BCUT2D eigenvalue weighted by molar-refractivity contribution is 7.98. The second-order valence-corrected chi connectivity index (χ2v) is 6.33. The van der Waals surface area contributed by atoms with Crippen molar-refractivity contribution in [2.45, 2.75) is 37.6 Å². The number of aromatic nitrogens is 2.